The number of halogens is 1. The molecule has 0 radical (unpaired) electrons. The minimum absolute atomic E-state index is 0. The van der Waals surface area contributed by atoms with Crippen LogP contribution in [0.5, 0.6) is 17.2 Å². The Morgan fingerprint density at radius 1 is 0.826 bits per heavy atom. The van der Waals surface area contributed by atoms with E-state index in [0.29, 0.717) is 17.2 Å². The number of ether oxygens (including phenoxy) is 3. The zero-order valence-electron chi connectivity index (χ0n) is 14.9. The van der Waals surface area contributed by atoms with Crippen molar-refractivity contribution in [3.63, 3.8) is 0 Å². The standard InChI is InChI=1S/C18H31NO3.ClH/c1-5-6-7-8-9-10-11-19-14-15-12-16(20-2)18(22-4)17(13-15)21-3;/h12-13,19H,5-11,14H2,1-4H3;1H. The van der Waals surface area contributed by atoms with E-state index in [2.05, 4.69) is 12.2 Å². The van der Waals surface area contributed by atoms with Crippen molar-refractivity contribution < 1.29 is 14.2 Å². The van der Waals surface area contributed by atoms with Crippen molar-refractivity contribution in [3.05, 3.63) is 17.7 Å². The molecule has 134 valence electrons. The summed E-state index contributed by atoms with van der Waals surface area (Å²) in [6, 6.07) is 3.99. The fourth-order valence-electron chi connectivity index (χ4n) is 2.50. The topological polar surface area (TPSA) is 39.7 Å². The normalized spacial score (nSPS) is 10.1. The lowest BCUT2D eigenvalue weighted by Gasteiger charge is -2.14. The maximum atomic E-state index is 5.37. The van der Waals surface area contributed by atoms with Gasteiger partial charge in [0.05, 0.1) is 21.3 Å². The van der Waals surface area contributed by atoms with Gasteiger partial charge in [0.2, 0.25) is 5.75 Å². The van der Waals surface area contributed by atoms with Crippen molar-refractivity contribution >= 4 is 12.4 Å². The predicted molar refractivity (Wildman–Crippen MR) is 98.4 cm³/mol. The Labute approximate surface area is 147 Å². The average Bonchev–Trinajstić information content (AvgIpc) is 2.56. The van der Waals surface area contributed by atoms with Gasteiger partial charge in [0, 0.05) is 6.54 Å². The van der Waals surface area contributed by atoms with E-state index in [4.69, 9.17) is 14.2 Å². The van der Waals surface area contributed by atoms with E-state index >= 15 is 0 Å². The number of hydrogen-bond acceptors (Lipinski definition) is 4. The van der Waals surface area contributed by atoms with Gasteiger partial charge in [0.1, 0.15) is 0 Å². The maximum Gasteiger partial charge on any atom is 0.203 e. The summed E-state index contributed by atoms with van der Waals surface area (Å²) in [5.74, 6) is 2.06. The molecule has 0 aromatic heterocycles. The molecule has 0 unspecified atom stereocenters. The highest BCUT2D eigenvalue weighted by molar-refractivity contribution is 5.85. The van der Waals surface area contributed by atoms with Crippen molar-refractivity contribution in [2.45, 2.75) is 52.0 Å². The van der Waals surface area contributed by atoms with Crippen LogP contribution in [0.25, 0.3) is 0 Å². The summed E-state index contributed by atoms with van der Waals surface area (Å²) < 4.78 is 16.1. The summed E-state index contributed by atoms with van der Waals surface area (Å²) in [6.45, 7) is 4.10. The third kappa shape index (κ3) is 7.80. The third-order valence-electron chi connectivity index (χ3n) is 3.76. The highest BCUT2D eigenvalue weighted by Gasteiger charge is 2.12. The first-order valence-corrected chi connectivity index (χ1v) is 8.26. The van der Waals surface area contributed by atoms with Crippen LogP contribution in [-0.2, 0) is 6.54 Å². The molecule has 1 aromatic rings. The van der Waals surface area contributed by atoms with Crippen LogP contribution in [0.2, 0.25) is 0 Å². The van der Waals surface area contributed by atoms with Gasteiger partial charge >= 0.3 is 0 Å². The zero-order valence-corrected chi connectivity index (χ0v) is 15.8. The predicted octanol–water partition coefficient (Wildman–Crippen LogP) is 4.58. The molecular formula is C18H32ClNO3. The molecule has 0 bridgehead atoms. The molecule has 1 N–H and O–H groups in total. The molecule has 23 heavy (non-hydrogen) atoms. The SMILES string of the molecule is CCCCCCCCNCc1cc(OC)c(OC)c(OC)c1.Cl. The van der Waals surface area contributed by atoms with Gasteiger partial charge in [0.15, 0.2) is 11.5 Å². The second-order valence-corrected chi connectivity index (χ2v) is 5.48. The van der Waals surface area contributed by atoms with E-state index in [9.17, 15) is 0 Å². The van der Waals surface area contributed by atoms with E-state index in [1.807, 2.05) is 12.1 Å². The van der Waals surface area contributed by atoms with Gasteiger partial charge in [-0.1, -0.05) is 39.0 Å². The molecule has 0 spiro atoms. The number of methoxy groups -OCH3 is 3. The Bertz CT molecular complexity index is 402. The fourth-order valence-corrected chi connectivity index (χ4v) is 2.50. The Hall–Kier alpha value is -1.13. The summed E-state index contributed by atoms with van der Waals surface area (Å²) in [7, 11) is 4.91. The maximum absolute atomic E-state index is 5.37. The molecule has 0 atom stereocenters. The van der Waals surface area contributed by atoms with Crippen molar-refractivity contribution in [1.82, 2.24) is 5.32 Å². The van der Waals surface area contributed by atoms with Crippen LogP contribution in [0.4, 0.5) is 0 Å². The molecule has 0 saturated carbocycles. The lowest BCUT2D eigenvalue weighted by Crippen LogP contribution is -2.15. The Kier molecular flexibility index (Phi) is 12.7. The number of unbranched alkanes of at least 4 members (excludes halogenated alkanes) is 5. The summed E-state index contributed by atoms with van der Waals surface area (Å²) in [5.41, 5.74) is 1.14. The van der Waals surface area contributed by atoms with Crippen molar-refractivity contribution in [1.29, 1.82) is 0 Å². The first-order chi connectivity index (χ1) is 10.8. The highest BCUT2D eigenvalue weighted by atomic mass is 35.5. The van der Waals surface area contributed by atoms with E-state index in [1.165, 1.54) is 38.5 Å². The van der Waals surface area contributed by atoms with Crippen LogP contribution < -0.4 is 19.5 Å². The third-order valence-corrected chi connectivity index (χ3v) is 3.76. The minimum Gasteiger partial charge on any atom is -0.493 e. The number of nitrogens with one attached hydrogen (secondary N) is 1. The van der Waals surface area contributed by atoms with Crippen LogP contribution in [0.1, 0.15) is 51.0 Å². The van der Waals surface area contributed by atoms with Crippen LogP contribution >= 0.6 is 12.4 Å². The lowest BCUT2D eigenvalue weighted by atomic mass is 10.1. The lowest BCUT2D eigenvalue weighted by molar-refractivity contribution is 0.323. The summed E-state index contributed by atoms with van der Waals surface area (Å²) in [6.07, 6.45) is 7.91. The van der Waals surface area contributed by atoms with Crippen molar-refractivity contribution in [3.8, 4) is 17.2 Å². The molecule has 1 rings (SSSR count). The molecule has 0 aliphatic carbocycles. The van der Waals surface area contributed by atoms with E-state index in [1.54, 1.807) is 21.3 Å². The van der Waals surface area contributed by atoms with Gasteiger partial charge in [-0.25, -0.2) is 0 Å². The monoisotopic (exact) mass is 345 g/mol. The molecule has 0 aliphatic rings. The smallest absolute Gasteiger partial charge is 0.203 e. The molecule has 0 amide bonds. The van der Waals surface area contributed by atoms with Crippen LogP contribution in [0, 0.1) is 0 Å². The van der Waals surface area contributed by atoms with Gasteiger partial charge in [-0.3, -0.25) is 0 Å². The molecule has 4 nitrogen and oxygen atoms in total. The first-order valence-electron chi connectivity index (χ1n) is 8.26. The summed E-state index contributed by atoms with van der Waals surface area (Å²) in [4.78, 5) is 0. The molecule has 5 heteroatoms. The van der Waals surface area contributed by atoms with Gasteiger partial charge in [-0.2, -0.15) is 0 Å². The summed E-state index contributed by atoms with van der Waals surface area (Å²) >= 11 is 0. The molecule has 0 heterocycles. The van der Waals surface area contributed by atoms with Crippen LogP contribution in [0.3, 0.4) is 0 Å². The summed E-state index contributed by atoms with van der Waals surface area (Å²) in [5, 5.41) is 3.48. The quantitative estimate of drug-likeness (QED) is 0.563. The second kappa shape index (κ2) is 13.3. The molecule has 0 aliphatic heterocycles. The molecule has 0 saturated heterocycles. The Morgan fingerprint density at radius 2 is 1.39 bits per heavy atom. The zero-order chi connectivity index (χ0) is 16.2. The molecule has 1 aromatic carbocycles. The van der Waals surface area contributed by atoms with E-state index in [0.717, 1.165) is 18.7 Å². The van der Waals surface area contributed by atoms with Gasteiger partial charge < -0.3 is 19.5 Å². The van der Waals surface area contributed by atoms with Crippen LogP contribution in [-0.4, -0.2) is 27.9 Å². The average molecular weight is 346 g/mol. The Morgan fingerprint density at radius 3 is 1.91 bits per heavy atom. The second-order valence-electron chi connectivity index (χ2n) is 5.48. The van der Waals surface area contributed by atoms with Gasteiger partial charge in [-0.05, 0) is 30.7 Å². The van der Waals surface area contributed by atoms with E-state index < -0.39 is 0 Å². The van der Waals surface area contributed by atoms with Crippen molar-refractivity contribution in [2.24, 2.45) is 0 Å². The Balaban J connectivity index is 0.00000484. The highest BCUT2D eigenvalue weighted by Crippen LogP contribution is 2.38. The number of rotatable bonds is 12. The number of hydrogen-bond donors (Lipinski definition) is 1. The van der Waals surface area contributed by atoms with Gasteiger partial charge in [0.25, 0.3) is 0 Å². The van der Waals surface area contributed by atoms with Crippen molar-refractivity contribution in [2.75, 3.05) is 27.9 Å². The largest absolute Gasteiger partial charge is 0.493 e. The molecule has 0 fully saturated rings. The minimum atomic E-state index is 0. The first kappa shape index (κ1) is 21.9. The molecular weight excluding hydrogens is 314 g/mol. The van der Waals surface area contributed by atoms with E-state index in [-0.39, 0.29) is 12.4 Å². The van der Waals surface area contributed by atoms with Gasteiger partial charge in [-0.15, -0.1) is 12.4 Å². The fraction of sp³-hybridized carbons (Fsp3) is 0.667. The van der Waals surface area contributed by atoms with Crippen LogP contribution in [0.15, 0.2) is 12.1 Å². The number of benzene rings is 1.